The number of thiazole rings is 1. The van der Waals surface area contributed by atoms with Gasteiger partial charge in [-0.15, -0.1) is 11.3 Å². The van der Waals surface area contributed by atoms with Crippen molar-refractivity contribution in [3.8, 4) is 0 Å². The number of halogens is 1. The summed E-state index contributed by atoms with van der Waals surface area (Å²) >= 11 is 4.90. The lowest BCUT2D eigenvalue weighted by atomic mass is 9.64. The van der Waals surface area contributed by atoms with Crippen LogP contribution in [0.3, 0.4) is 0 Å². The smallest absolute Gasteiger partial charge is 0.234 e. The summed E-state index contributed by atoms with van der Waals surface area (Å²) in [6.07, 6.45) is 3.16. The van der Waals surface area contributed by atoms with Crippen LogP contribution in [0, 0.1) is 16.2 Å². The zero-order valence-corrected chi connectivity index (χ0v) is 14.1. The van der Waals surface area contributed by atoms with E-state index >= 15 is 0 Å². The fraction of sp³-hybridized carbons (Fsp3) is 0.643. The lowest BCUT2D eigenvalue weighted by molar-refractivity contribution is -0.130. The summed E-state index contributed by atoms with van der Waals surface area (Å²) in [5.41, 5.74) is -1.49. The molecule has 2 saturated carbocycles. The molecular formula is C14H17BrN2O2S. The van der Waals surface area contributed by atoms with Crippen molar-refractivity contribution in [2.45, 2.75) is 38.4 Å². The Bertz CT molecular complexity index is 586. The molecule has 20 heavy (non-hydrogen) atoms. The van der Waals surface area contributed by atoms with Crippen molar-refractivity contribution >= 4 is 44.1 Å². The first-order valence-electron chi connectivity index (χ1n) is 6.67. The van der Waals surface area contributed by atoms with E-state index in [1.165, 1.54) is 11.3 Å². The maximum absolute atomic E-state index is 12.9. The van der Waals surface area contributed by atoms with Gasteiger partial charge in [-0.1, -0.05) is 36.7 Å². The lowest BCUT2D eigenvalue weighted by Crippen LogP contribution is -2.47. The molecule has 2 aliphatic rings. The molecule has 0 spiro atoms. The van der Waals surface area contributed by atoms with Crippen LogP contribution < -0.4 is 5.32 Å². The van der Waals surface area contributed by atoms with E-state index < -0.39 is 15.7 Å². The molecule has 0 saturated heterocycles. The van der Waals surface area contributed by atoms with E-state index in [-0.39, 0.29) is 17.1 Å². The van der Waals surface area contributed by atoms with Crippen LogP contribution in [0.15, 0.2) is 11.6 Å². The molecule has 1 aromatic rings. The number of nitrogens with one attached hydrogen (secondary N) is 1. The molecule has 1 N–H and O–H groups in total. The highest BCUT2D eigenvalue weighted by Crippen LogP contribution is 2.72. The van der Waals surface area contributed by atoms with Gasteiger partial charge in [0.05, 0.1) is 10.2 Å². The summed E-state index contributed by atoms with van der Waals surface area (Å²) in [5, 5.41) is 5.30. The highest BCUT2D eigenvalue weighted by atomic mass is 79.9. The normalized spacial score (nSPS) is 38.2. The molecule has 2 fully saturated rings. The topological polar surface area (TPSA) is 59.1 Å². The second kappa shape index (κ2) is 4.13. The number of aromatic nitrogens is 1. The molecule has 3 rings (SSSR count). The van der Waals surface area contributed by atoms with Crippen LogP contribution in [-0.4, -0.2) is 21.5 Å². The lowest BCUT2D eigenvalue weighted by Gasteiger charge is -2.39. The second-order valence-corrected chi connectivity index (χ2v) is 8.26. The molecular weight excluding hydrogens is 340 g/mol. The van der Waals surface area contributed by atoms with Crippen molar-refractivity contribution in [1.82, 2.24) is 4.98 Å². The Hall–Kier alpha value is -0.750. The number of carbonyl (C=O) groups is 2. The highest BCUT2D eigenvalue weighted by molar-refractivity contribution is 9.10. The molecule has 4 nitrogen and oxygen atoms in total. The van der Waals surface area contributed by atoms with Gasteiger partial charge in [-0.3, -0.25) is 9.59 Å². The Kier molecular flexibility index (Phi) is 2.93. The molecule has 0 unspecified atom stereocenters. The Labute approximate surface area is 130 Å². The highest BCUT2D eigenvalue weighted by Gasteiger charge is 2.76. The van der Waals surface area contributed by atoms with Crippen LogP contribution in [-0.2, 0) is 9.59 Å². The number of alkyl halides is 1. The minimum Gasteiger partial charge on any atom is -0.301 e. The first kappa shape index (κ1) is 14.2. The number of Topliss-reactive ketones (excluding diaryl/α,β-unsaturated/α-hetero) is 1. The van der Waals surface area contributed by atoms with Crippen LogP contribution in [0.4, 0.5) is 5.13 Å². The second-order valence-electron chi connectivity index (χ2n) is 6.45. The van der Waals surface area contributed by atoms with Gasteiger partial charge < -0.3 is 5.32 Å². The van der Waals surface area contributed by atoms with Gasteiger partial charge >= 0.3 is 0 Å². The third kappa shape index (κ3) is 1.39. The van der Waals surface area contributed by atoms with Gasteiger partial charge in [0.2, 0.25) is 5.91 Å². The first-order chi connectivity index (χ1) is 9.27. The van der Waals surface area contributed by atoms with Crippen LogP contribution in [0.1, 0.15) is 33.6 Å². The fourth-order valence-electron chi connectivity index (χ4n) is 3.95. The van der Waals surface area contributed by atoms with Gasteiger partial charge in [0.1, 0.15) is 0 Å². The van der Waals surface area contributed by atoms with Gasteiger partial charge in [0.25, 0.3) is 0 Å². The molecule has 2 aliphatic carbocycles. The average molecular weight is 357 g/mol. The summed E-state index contributed by atoms with van der Waals surface area (Å²) in [5.74, 6) is 0.0666. The van der Waals surface area contributed by atoms with Crippen molar-refractivity contribution in [2.75, 3.05) is 5.32 Å². The number of hydrogen-bond donors (Lipinski definition) is 1. The molecule has 0 aromatic carbocycles. The SMILES string of the molecule is CC1(C)[C@]2(C)CC[C@@]1(C(=O)Nc1nccs1)[C@H](Br)C2=O. The predicted octanol–water partition coefficient (Wildman–Crippen LogP) is 3.24. The standard InChI is InChI=1S/C14H17BrN2O2S/c1-12(2)13(3)4-5-14(12,8(15)9(13)18)10(19)17-11-16-6-7-20-11/h6-8H,4-5H2,1-3H3,(H,16,17,19)/t8-,13-,14+/m1/s1. The summed E-state index contributed by atoms with van der Waals surface area (Å²) < 4.78 is 0. The quantitative estimate of drug-likeness (QED) is 0.827. The van der Waals surface area contributed by atoms with E-state index in [0.717, 1.165) is 12.8 Å². The molecule has 1 heterocycles. The molecule has 1 aromatic heterocycles. The molecule has 6 heteroatoms. The molecule has 108 valence electrons. The monoisotopic (exact) mass is 356 g/mol. The van der Waals surface area contributed by atoms with Gasteiger partial charge in [-0.25, -0.2) is 4.98 Å². The summed E-state index contributed by atoms with van der Waals surface area (Å²) in [4.78, 5) is 29.1. The zero-order valence-electron chi connectivity index (χ0n) is 11.7. The van der Waals surface area contributed by atoms with Crippen LogP contribution in [0.5, 0.6) is 0 Å². The summed E-state index contributed by atoms with van der Waals surface area (Å²) in [6.45, 7) is 6.08. The number of fused-ring (bicyclic) bond motifs is 2. The van der Waals surface area contributed by atoms with Crippen molar-refractivity contribution in [1.29, 1.82) is 0 Å². The largest absolute Gasteiger partial charge is 0.301 e. The van der Waals surface area contributed by atoms with E-state index in [9.17, 15) is 9.59 Å². The van der Waals surface area contributed by atoms with Gasteiger partial charge in [-0.2, -0.15) is 0 Å². The van der Waals surface area contributed by atoms with Crippen molar-refractivity contribution in [3.63, 3.8) is 0 Å². The van der Waals surface area contributed by atoms with Crippen LogP contribution >= 0.6 is 27.3 Å². The summed E-state index contributed by atoms with van der Waals surface area (Å²) in [6, 6.07) is 0. The fourth-order valence-corrected chi connectivity index (χ4v) is 5.99. The third-order valence-electron chi connectivity index (χ3n) is 5.78. The van der Waals surface area contributed by atoms with Crippen molar-refractivity contribution in [2.24, 2.45) is 16.2 Å². The van der Waals surface area contributed by atoms with Gasteiger partial charge in [0, 0.05) is 17.0 Å². The van der Waals surface area contributed by atoms with Crippen LogP contribution in [0.2, 0.25) is 0 Å². The summed E-state index contributed by atoms with van der Waals surface area (Å²) in [7, 11) is 0. The number of carbonyl (C=O) groups excluding carboxylic acids is 2. The number of nitrogens with zero attached hydrogens (tertiary/aromatic N) is 1. The first-order valence-corrected chi connectivity index (χ1v) is 8.46. The zero-order chi connectivity index (χ0) is 14.8. The number of amides is 1. The minimum absolute atomic E-state index is 0.0890. The minimum atomic E-state index is -0.690. The Morgan fingerprint density at radius 2 is 2.15 bits per heavy atom. The van der Waals surface area contributed by atoms with Gasteiger partial charge in [-0.05, 0) is 18.3 Å². The number of hydrogen-bond acceptors (Lipinski definition) is 4. The third-order valence-corrected chi connectivity index (χ3v) is 7.66. The molecule has 2 bridgehead atoms. The van der Waals surface area contributed by atoms with Gasteiger partial charge in [0.15, 0.2) is 10.9 Å². The molecule has 0 radical (unpaired) electrons. The molecule has 3 atom stereocenters. The number of anilines is 1. The predicted molar refractivity (Wildman–Crippen MR) is 82.0 cm³/mol. The average Bonchev–Trinajstić information content (AvgIpc) is 2.97. The van der Waals surface area contributed by atoms with E-state index in [1.54, 1.807) is 6.20 Å². The van der Waals surface area contributed by atoms with Crippen molar-refractivity contribution in [3.05, 3.63) is 11.6 Å². The molecule has 0 aliphatic heterocycles. The van der Waals surface area contributed by atoms with E-state index in [4.69, 9.17) is 0 Å². The maximum atomic E-state index is 12.9. The van der Waals surface area contributed by atoms with Crippen molar-refractivity contribution < 1.29 is 9.59 Å². The Balaban J connectivity index is 2.02. The van der Waals surface area contributed by atoms with E-state index in [2.05, 4.69) is 26.2 Å². The van der Waals surface area contributed by atoms with E-state index in [1.807, 2.05) is 26.2 Å². The Morgan fingerprint density at radius 3 is 2.65 bits per heavy atom. The van der Waals surface area contributed by atoms with Crippen LogP contribution in [0.25, 0.3) is 0 Å². The Morgan fingerprint density at radius 1 is 1.45 bits per heavy atom. The maximum Gasteiger partial charge on any atom is 0.234 e. The number of rotatable bonds is 2. The number of ketones is 1. The van der Waals surface area contributed by atoms with E-state index in [0.29, 0.717) is 5.13 Å². The molecule has 1 amide bonds.